The third-order valence-electron chi connectivity index (χ3n) is 26.5. The number of fused-ring (bicyclic) bond motifs is 9. The van der Waals surface area contributed by atoms with Crippen molar-refractivity contribution in [2.75, 3.05) is 19.8 Å². The molecule has 0 radical (unpaired) electrons. The van der Waals surface area contributed by atoms with E-state index in [2.05, 4.69) is 54.5 Å². The lowest BCUT2D eigenvalue weighted by Crippen LogP contribution is -2.68. The largest absolute Gasteiger partial charge is 0.507 e. The Bertz CT molecular complexity index is 3550. The summed E-state index contributed by atoms with van der Waals surface area (Å²) in [6.45, 7) is 20.1. The number of ether oxygens (including phenoxy) is 10. The second-order valence-electron chi connectivity index (χ2n) is 33.5. The smallest absolute Gasteiger partial charge is 0.317 e. The normalized spacial score (nSPS) is 46.3. The molecule has 0 aromatic heterocycles. The molecule has 31 nitrogen and oxygen atoms in total. The summed E-state index contributed by atoms with van der Waals surface area (Å²) >= 11 is 0. The van der Waals surface area contributed by atoms with Crippen LogP contribution in [0.2, 0.25) is 0 Å². The SMILES string of the molecule is CC1OC(OC2CCC3(C)C(CCC4(C)C3CC=C3C5CC(C)(C)CCC5(C(=O)OC5OCC(O)C(O)C5OC5OC(C)C(OC6OC(CO)C(O)C(O)C6O)C(O)C5O)C(O)CC34C)C2(C)C)C(O)C(O)C1OC1OCC(O)C(O)C1O.Cc1cc(O)c2c(c1O)C(=O)c1c(O)cc(C)c(O)c1C2=O. The average molecular weight is 1490 g/mol. The number of esters is 1. The molecule has 105 heavy (non-hydrogen) atoms. The van der Waals surface area contributed by atoms with E-state index in [1.165, 1.54) is 20.8 Å². The van der Waals surface area contributed by atoms with E-state index in [9.17, 15) is 102 Å². The molecule has 9 fully saturated rings. The summed E-state index contributed by atoms with van der Waals surface area (Å²) in [7, 11) is 0. The Labute approximate surface area is 606 Å². The van der Waals surface area contributed by atoms with Crippen molar-refractivity contribution < 1.29 is 154 Å². The van der Waals surface area contributed by atoms with E-state index in [0.717, 1.165) is 37.0 Å². The van der Waals surface area contributed by atoms with Crippen LogP contribution in [0.25, 0.3) is 0 Å². The van der Waals surface area contributed by atoms with Crippen LogP contribution in [-0.2, 0) is 52.2 Å². The maximum Gasteiger partial charge on any atom is 0.317 e. The van der Waals surface area contributed by atoms with Gasteiger partial charge in [0, 0.05) is 0 Å². The number of carbonyl (C=O) groups is 3. The maximum absolute atomic E-state index is 15.4. The van der Waals surface area contributed by atoms with Gasteiger partial charge in [0.1, 0.15) is 120 Å². The summed E-state index contributed by atoms with van der Waals surface area (Å²) < 4.78 is 59.6. The summed E-state index contributed by atoms with van der Waals surface area (Å²) in [4.78, 5) is 40.5. The van der Waals surface area contributed by atoms with E-state index in [4.69, 9.17) is 47.4 Å². The average Bonchev–Trinajstić information content (AvgIpc) is 0.670. The first-order valence-electron chi connectivity index (χ1n) is 36.4. The van der Waals surface area contributed by atoms with E-state index in [1.54, 1.807) is 6.92 Å². The highest BCUT2D eigenvalue weighted by Crippen LogP contribution is 2.76. The number of benzene rings is 2. The van der Waals surface area contributed by atoms with Crippen LogP contribution in [-0.4, -0.2) is 283 Å². The first kappa shape index (κ1) is 79.8. The van der Waals surface area contributed by atoms with Crippen LogP contribution >= 0.6 is 0 Å². The second kappa shape index (κ2) is 28.9. The number of ketones is 2. The van der Waals surface area contributed by atoms with E-state index >= 15 is 4.79 Å². The molecule has 588 valence electrons. The van der Waals surface area contributed by atoms with Gasteiger partial charge in [-0.2, -0.15) is 0 Å². The zero-order chi connectivity index (χ0) is 76.9. The van der Waals surface area contributed by atoms with Gasteiger partial charge in [0.25, 0.3) is 0 Å². The number of rotatable bonds is 11. The molecule has 5 heterocycles. The van der Waals surface area contributed by atoms with Crippen molar-refractivity contribution in [1.29, 1.82) is 0 Å². The molecule has 5 saturated heterocycles. The van der Waals surface area contributed by atoms with Gasteiger partial charge in [0.15, 0.2) is 31.3 Å². The van der Waals surface area contributed by atoms with Crippen molar-refractivity contribution in [3.8, 4) is 23.0 Å². The van der Waals surface area contributed by atoms with Crippen molar-refractivity contribution in [1.82, 2.24) is 0 Å². The third-order valence-corrected chi connectivity index (χ3v) is 26.5. The molecule has 32 atom stereocenters. The molecule has 0 amide bonds. The van der Waals surface area contributed by atoms with Crippen molar-refractivity contribution in [3.05, 3.63) is 57.2 Å². The molecule has 2 aromatic rings. The fourth-order valence-electron chi connectivity index (χ4n) is 20.2. The van der Waals surface area contributed by atoms with Crippen molar-refractivity contribution in [2.45, 2.75) is 287 Å². The molecule has 31 heteroatoms. The van der Waals surface area contributed by atoms with Gasteiger partial charge in [-0.3, -0.25) is 14.4 Å². The minimum absolute atomic E-state index is 0.129. The van der Waals surface area contributed by atoms with Crippen LogP contribution in [0, 0.1) is 64.1 Å². The van der Waals surface area contributed by atoms with Gasteiger partial charge in [0.05, 0.1) is 66.5 Å². The molecular weight excluding hydrogens is 1380 g/mol. The summed E-state index contributed by atoms with van der Waals surface area (Å²) in [5, 5.41) is 193. The number of aliphatic hydroxyl groups is 14. The van der Waals surface area contributed by atoms with Gasteiger partial charge in [-0.05, 0) is 154 Å². The zero-order valence-corrected chi connectivity index (χ0v) is 60.7. The summed E-state index contributed by atoms with van der Waals surface area (Å²) in [6.07, 6.45) is -29.2. The van der Waals surface area contributed by atoms with E-state index in [1.807, 2.05) is 0 Å². The molecule has 4 saturated carbocycles. The fraction of sp³-hybridized carbons (Fsp3) is 0.770. The molecule has 2 aromatic carbocycles. The molecule has 6 aliphatic carbocycles. The van der Waals surface area contributed by atoms with Gasteiger partial charge in [-0.15, -0.1) is 0 Å². The second-order valence-corrected chi connectivity index (χ2v) is 33.5. The number of hydrogen-bond donors (Lipinski definition) is 18. The molecule has 18 N–H and O–H groups in total. The number of hydrogen-bond acceptors (Lipinski definition) is 31. The predicted octanol–water partition coefficient (Wildman–Crippen LogP) is -0.00566. The van der Waals surface area contributed by atoms with Crippen LogP contribution in [0.3, 0.4) is 0 Å². The third kappa shape index (κ3) is 13.1. The highest BCUT2D eigenvalue weighted by atomic mass is 16.8. The number of aryl methyl sites for hydroxylation is 2. The highest BCUT2D eigenvalue weighted by Gasteiger charge is 2.72. The Balaban J connectivity index is 0.000000399. The topological polar surface area (TPSA) is 508 Å². The lowest BCUT2D eigenvalue weighted by molar-refractivity contribution is -0.374. The van der Waals surface area contributed by atoms with Crippen LogP contribution in [0.15, 0.2) is 23.8 Å². The van der Waals surface area contributed by atoms with Crippen molar-refractivity contribution >= 4 is 17.5 Å². The van der Waals surface area contributed by atoms with Gasteiger partial charge in [-0.1, -0.05) is 60.1 Å². The lowest BCUT2D eigenvalue weighted by Gasteiger charge is -2.71. The first-order chi connectivity index (χ1) is 49.0. The van der Waals surface area contributed by atoms with Gasteiger partial charge in [-0.25, -0.2) is 0 Å². The highest BCUT2D eigenvalue weighted by molar-refractivity contribution is 6.32. The minimum atomic E-state index is -1.93. The van der Waals surface area contributed by atoms with E-state index in [0.29, 0.717) is 25.7 Å². The number of aromatic hydroxyl groups is 4. The van der Waals surface area contributed by atoms with Gasteiger partial charge < -0.3 is 139 Å². The Morgan fingerprint density at radius 1 is 0.524 bits per heavy atom. The Morgan fingerprint density at radius 3 is 1.58 bits per heavy atom. The Morgan fingerprint density at radius 2 is 1.02 bits per heavy atom. The number of phenolic OH excluding ortho intramolecular Hbond substituents is 4. The molecule has 0 spiro atoms. The standard InChI is InChI=1S/C58H94O25.C16H12O6/c1-23-44(80-47-40(69)34(63)27(60)21-74-47)38(67)42(71)48(76-23)79-33-13-14-55(7)30(54(33,5)6)12-15-56(8)31(55)11-10-25-26-18-53(3,4)16-17-58(26,32(62)19-57(25,56)9)52(73)83-51-46(35(64)28(61)22-75-51)82-49-43(72)39(68)45(24(2)77-49)81-50-41(70)37(66)36(65)29(20-59)78-50;1-5-3-7(17)9-11(13(5)19)15(21)10-8(18)4-6(2)14(20)12(10)16(9)22/h10,23-24,26-51,59-72H,11-22H2,1-9H3;3-4,17-20H,1-2H3. The van der Waals surface area contributed by atoms with Crippen molar-refractivity contribution in [2.24, 2.45) is 50.2 Å². The molecule has 11 aliphatic rings. The number of aliphatic hydroxyl groups excluding tert-OH is 14. The lowest BCUT2D eigenvalue weighted by atomic mass is 9.33. The van der Waals surface area contributed by atoms with Gasteiger partial charge >= 0.3 is 5.97 Å². The summed E-state index contributed by atoms with van der Waals surface area (Å²) in [5.74, 6) is -4.45. The van der Waals surface area contributed by atoms with Crippen LogP contribution < -0.4 is 0 Å². The molecule has 32 unspecified atom stereocenters. The molecule has 13 rings (SSSR count). The predicted molar refractivity (Wildman–Crippen MR) is 358 cm³/mol. The first-order valence-corrected chi connectivity index (χ1v) is 36.4. The Hall–Kier alpha value is -4.73. The summed E-state index contributed by atoms with van der Waals surface area (Å²) in [5.41, 5.74) is -3.32. The fourth-order valence-corrected chi connectivity index (χ4v) is 20.2. The summed E-state index contributed by atoms with van der Waals surface area (Å²) in [6, 6.07) is 2.33. The van der Waals surface area contributed by atoms with E-state index in [-0.39, 0.29) is 80.9 Å². The van der Waals surface area contributed by atoms with Gasteiger partial charge in [0.2, 0.25) is 17.9 Å². The number of carbonyl (C=O) groups excluding carboxylic acids is 3. The molecule has 0 bridgehead atoms. The van der Waals surface area contributed by atoms with Crippen LogP contribution in [0.5, 0.6) is 23.0 Å². The molecular formula is C74H106O31. The molecule has 5 aliphatic heterocycles. The monoisotopic (exact) mass is 1490 g/mol. The van der Waals surface area contributed by atoms with E-state index < -0.39 is 229 Å². The number of allylic oxidation sites excluding steroid dienone is 2. The van der Waals surface area contributed by atoms with Crippen molar-refractivity contribution in [3.63, 3.8) is 0 Å². The minimum Gasteiger partial charge on any atom is -0.507 e. The zero-order valence-electron chi connectivity index (χ0n) is 60.7. The maximum atomic E-state index is 15.4. The Kier molecular flexibility index (Phi) is 21.9. The van der Waals surface area contributed by atoms with Crippen LogP contribution in [0.4, 0.5) is 0 Å². The number of phenols is 4. The quantitative estimate of drug-likeness (QED) is 0.0520. The van der Waals surface area contributed by atoms with Crippen LogP contribution in [0.1, 0.15) is 163 Å².